The van der Waals surface area contributed by atoms with Crippen LogP contribution < -0.4 is 15.1 Å². The Hall–Kier alpha value is -2.24. The van der Waals surface area contributed by atoms with Crippen molar-refractivity contribution in [3.63, 3.8) is 0 Å². The first-order valence-electron chi connectivity index (χ1n) is 11.0. The third-order valence-corrected chi connectivity index (χ3v) is 6.74. The van der Waals surface area contributed by atoms with E-state index in [2.05, 4.69) is 74.6 Å². The predicted octanol–water partition coefficient (Wildman–Crippen LogP) is 4.00. The largest absolute Gasteiger partial charge is 0.378 e. The molecule has 1 unspecified atom stereocenters. The van der Waals surface area contributed by atoms with Gasteiger partial charge in [0.05, 0.1) is 11.5 Å². The fourth-order valence-corrected chi connectivity index (χ4v) is 3.99. The van der Waals surface area contributed by atoms with Crippen molar-refractivity contribution in [1.82, 2.24) is 10.2 Å². The van der Waals surface area contributed by atoms with Crippen LogP contribution in [0.1, 0.15) is 25.5 Å². The molecule has 2 aromatic rings. The van der Waals surface area contributed by atoms with Crippen LogP contribution in [0.3, 0.4) is 0 Å². The summed E-state index contributed by atoms with van der Waals surface area (Å²) in [5, 5.41) is 3.16. The lowest BCUT2D eigenvalue weighted by Crippen LogP contribution is -2.50. The number of carbonyl (C=O) groups excluding carboxylic acids is 1. The minimum atomic E-state index is -0.576. The lowest BCUT2D eigenvalue weighted by molar-refractivity contribution is -0.128. The van der Waals surface area contributed by atoms with Gasteiger partial charge >= 0.3 is 0 Å². The van der Waals surface area contributed by atoms with E-state index in [1.807, 2.05) is 27.9 Å². The average molecular weight is 443 g/mol. The maximum Gasteiger partial charge on any atom is 0.226 e. The molecule has 31 heavy (non-hydrogen) atoms. The number of nitrogens with one attached hydrogen (secondary N) is 1. The second-order valence-corrected chi connectivity index (χ2v) is 9.36. The van der Waals surface area contributed by atoms with E-state index in [0.29, 0.717) is 12.4 Å². The number of benzene rings is 2. The normalized spacial score (nSPS) is 16.1. The molecule has 0 saturated carbocycles. The van der Waals surface area contributed by atoms with Gasteiger partial charge in [-0.1, -0.05) is 30.3 Å². The molecule has 1 atom stereocenters. The van der Waals surface area contributed by atoms with E-state index in [9.17, 15) is 4.79 Å². The van der Waals surface area contributed by atoms with E-state index in [-0.39, 0.29) is 11.9 Å². The van der Waals surface area contributed by atoms with Crippen LogP contribution in [0.5, 0.6) is 0 Å². The van der Waals surface area contributed by atoms with Crippen molar-refractivity contribution >= 4 is 28.9 Å². The van der Waals surface area contributed by atoms with Crippen LogP contribution in [0.4, 0.5) is 11.4 Å². The van der Waals surface area contributed by atoms with Crippen molar-refractivity contribution < 1.29 is 4.79 Å². The van der Waals surface area contributed by atoms with Gasteiger partial charge in [0.25, 0.3) is 0 Å². The molecule has 0 spiro atoms. The Morgan fingerprint density at radius 2 is 1.65 bits per heavy atom. The summed E-state index contributed by atoms with van der Waals surface area (Å²) in [6.45, 7) is 8.18. The Labute approximate surface area is 192 Å². The van der Waals surface area contributed by atoms with Crippen LogP contribution in [-0.4, -0.2) is 63.5 Å². The quantitative estimate of drug-likeness (QED) is 0.627. The molecule has 1 aliphatic heterocycles. The van der Waals surface area contributed by atoms with Gasteiger partial charge in [0.1, 0.15) is 0 Å². The third kappa shape index (κ3) is 5.92. The molecule has 0 bridgehead atoms. The summed E-state index contributed by atoms with van der Waals surface area (Å²) < 4.78 is 0. The lowest BCUT2D eigenvalue weighted by Gasteiger charge is -2.40. The Bertz CT molecular complexity index is 830. The molecule has 1 heterocycles. The Morgan fingerprint density at radius 3 is 2.19 bits per heavy atom. The Morgan fingerprint density at radius 1 is 1.03 bits per heavy atom. The summed E-state index contributed by atoms with van der Waals surface area (Å²) in [7, 11) is 4.09. The highest BCUT2D eigenvalue weighted by atomic mass is 35.5. The molecule has 1 aliphatic rings. The van der Waals surface area contributed by atoms with Crippen LogP contribution in [0.15, 0.2) is 54.6 Å². The molecular weight excluding hydrogens is 408 g/mol. The summed E-state index contributed by atoms with van der Waals surface area (Å²) in [6.07, 6.45) is 0. The zero-order valence-corrected chi connectivity index (χ0v) is 19.9. The maximum atomic E-state index is 12.7. The van der Waals surface area contributed by atoms with Crippen LogP contribution in [0.25, 0.3) is 0 Å². The molecule has 2 aromatic carbocycles. The van der Waals surface area contributed by atoms with E-state index in [4.69, 9.17) is 11.6 Å². The lowest BCUT2D eigenvalue weighted by atomic mass is 9.94. The SMILES string of the molecule is CN(C)c1ccc(C(CNC(=O)C(C)(C)CCl)N2CCN(c3ccccc3)CC2)cc1. The smallest absolute Gasteiger partial charge is 0.226 e. The van der Waals surface area contributed by atoms with E-state index < -0.39 is 5.41 Å². The molecule has 6 heteroatoms. The highest BCUT2D eigenvalue weighted by Gasteiger charge is 2.30. The summed E-state index contributed by atoms with van der Waals surface area (Å²) in [6, 6.07) is 19.4. The zero-order valence-electron chi connectivity index (χ0n) is 19.1. The van der Waals surface area contributed by atoms with Gasteiger partial charge in [-0.05, 0) is 43.7 Å². The Balaban J connectivity index is 1.73. The van der Waals surface area contributed by atoms with Crippen LogP contribution in [0, 0.1) is 5.41 Å². The van der Waals surface area contributed by atoms with Crippen LogP contribution in [0.2, 0.25) is 0 Å². The fourth-order valence-electron chi connectivity index (χ4n) is 3.87. The molecule has 3 rings (SSSR count). The molecule has 168 valence electrons. The number of hydrogen-bond acceptors (Lipinski definition) is 4. The highest BCUT2D eigenvalue weighted by Crippen LogP contribution is 2.26. The molecule has 0 aromatic heterocycles. The fraction of sp³-hybridized carbons (Fsp3) is 0.480. The maximum absolute atomic E-state index is 12.7. The minimum Gasteiger partial charge on any atom is -0.378 e. The van der Waals surface area contributed by atoms with Gasteiger partial charge in [-0.15, -0.1) is 11.6 Å². The van der Waals surface area contributed by atoms with E-state index in [1.165, 1.54) is 16.9 Å². The van der Waals surface area contributed by atoms with E-state index in [1.54, 1.807) is 0 Å². The number of rotatable bonds is 8. The summed E-state index contributed by atoms with van der Waals surface area (Å²) in [5.74, 6) is 0.303. The van der Waals surface area contributed by atoms with Crippen molar-refractivity contribution in [2.45, 2.75) is 19.9 Å². The molecule has 1 N–H and O–H groups in total. The molecule has 5 nitrogen and oxygen atoms in total. The second-order valence-electron chi connectivity index (χ2n) is 9.09. The third-order valence-electron chi connectivity index (χ3n) is 6.08. The van der Waals surface area contributed by atoms with Crippen molar-refractivity contribution in [2.24, 2.45) is 5.41 Å². The minimum absolute atomic E-state index is 0.000309. The second kappa shape index (κ2) is 10.4. The number of halogens is 1. The number of para-hydroxylation sites is 1. The first-order valence-corrected chi connectivity index (χ1v) is 11.5. The van der Waals surface area contributed by atoms with Gasteiger partial charge in [0.15, 0.2) is 0 Å². The number of alkyl halides is 1. The van der Waals surface area contributed by atoms with Gasteiger partial charge in [0.2, 0.25) is 5.91 Å². The van der Waals surface area contributed by atoms with E-state index >= 15 is 0 Å². The van der Waals surface area contributed by atoms with Gasteiger partial charge < -0.3 is 15.1 Å². The van der Waals surface area contributed by atoms with Crippen molar-refractivity contribution in [1.29, 1.82) is 0 Å². The van der Waals surface area contributed by atoms with Crippen LogP contribution >= 0.6 is 11.6 Å². The first kappa shape index (κ1) is 23.4. The summed E-state index contributed by atoms with van der Waals surface area (Å²) >= 11 is 6.01. The van der Waals surface area contributed by atoms with Crippen molar-refractivity contribution in [2.75, 3.05) is 62.5 Å². The average Bonchev–Trinajstić information content (AvgIpc) is 2.80. The molecule has 0 aliphatic carbocycles. The first-order chi connectivity index (χ1) is 14.8. The zero-order chi connectivity index (χ0) is 22.4. The molecule has 0 radical (unpaired) electrons. The summed E-state index contributed by atoms with van der Waals surface area (Å²) in [4.78, 5) is 19.7. The highest BCUT2D eigenvalue weighted by molar-refractivity contribution is 6.19. The van der Waals surface area contributed by atoms with Gasteiger partial charge in [-0.3, -0.25) is 9.69 Å². The molecule has 1 saturated heterocycles. The molecule has 1 fully saturated rings. The summed E-state index contributed by atoms with van der Waals surface area (Å²) in [5.41, 5.74) is 3.09. The topological polar surface area (TPSA) is 38.8 Å². The number of carbonyl (C=O) groups is 1. The number of anilines is 2. The van der Waals surface area contributed by atoms with Crippen LogP contribution in [-0.2, 0) is 4.79 Å². The monoisotopic (exact) mass is 442 g/mol. The van der Waals surface area contributed by atoms with Crippen molar-refractivity contribution in [3.8, 4) is 0 Å². The van der Waals surface area contributed by atoms with Gasteiger partial charge in [-0.25, -0.2) is 0 Å². The Kier molecular flexibility index (Phi) is 7.84. The number of nitrogens with zero attached hydrogens (tertiary/aromatic N) is 3. The van der Waals surface area contributed by atoms with E-state index in [0.717, 1.165) is 26.2 Å². The number of piperazine rings is 1. The van der Waals surface area contributed by atoms with Crippen molar-refractivity contribution in [3.05, 3.63) is 60.2 Å². The predicted molar refractivity (Wildman–Crippen MR) is 131 cm³/mol. The number of amides is 1. The molecule has 1 amide bonds. The van der Waals surface area contributed by atoms with Gasteiger partial charge in [0, 0.05) is 64.1 Å². The number of hydrogen-bond donors (Lipinski definition) is 1. The standard InChI is InChI=1S/C25H35ClN4O/c1-25(2,19-26)24(31)27-18-23(20-10-12-21(13-11-20)28(3)4)30-16-14-29(15-17-30)22-8-6-5-7-9-22/h5-13,23H,14-19H2,1-4H3,(H,27,31). The van der Waals surface area contributed by atoms with Gasteiger partial charge in [-0.2, -0.15) is 0 Å². The molecular formula is C25H35ClN4O.